The second kappa shape index (κ2) is 5.15. The monoisotopic (exact) mass is 291 g/mol. The highest BCUT2D eigenvalue weighted by molar-refractivity contribution is 7.92. The van der Waals surface area contributed by atoms with E-state index in [1.54, 1.807) is 0 Å². The van der Waals surface area contributed by atoms with Crippen LogP contribution in [0.3, 0.4) is 0 Å². The lowest BCUT2D eigenvalue weighted by molar-refractivity contribution is 0.433. The highest BCUT2D eigenvalue weighted by atomic mass is 35.5. The minimum Gasteiger partial charge on any atom is -0.328 e. The Balaban J connectivity index is 2.32. The Kier molecular flexibility index (Phi) is 3.94. The van der Waals surface area contributed by atoms with Crippen LogP contribution in [0.1, 0.15) is 25.7 Å². The van der Waals surface area contributed by atoms with Gasteiger partial charge in [0.2, 0.25) is 0 Å². The summed E-state index contributed by atoms with van der Waals surface area (Å²) < 4.78 is 37.8. The predicted molar refractivity (Wildman–Crippen MR) is 68.8 cm³/mol. The molecule has 1 aliphatic carbocycles. The summed E-state index contributed by atoms with van der Waals surface area (Å²) in [7, 11) is -3.47. The van der Waals surface area contributed by atoms with E-state index in [0.717, 1.165) is 18.9 Å². The minimum absolute atomic E-state index is 0.0746. The Morgan fingerprint density at radius 3 is 2.67 bits per heavy atom. The van der Waals surface area contributed by atoms with Gasteiger partial charge < -0.3 is 5.73 Å². The van der Waals surface area contributed by atoms with Crippen molar-refractivity contribution in [2.24, 2.45) is 5.73 Å². The van der Waals surface area contributed by atoms with E-state index in [1.165, 1.54) is 12.1 Å². The van der Waals surface area contributed by atoms with Gasteiger partial charge in [0.1, 0.15) is 5.82 Å². The van der Waals surface area contributed by atoms with Gasteiger partial charge in [-0.25, -0.2) is 12.8 Å². The molecule has 1 aliphatic rings. The molecular weight excluding hydrogens is 277 g/mol. The second-order valence-electron chi connectivity index (χ2n) is 4.67. The number of sulfone groups is 1. The van der Waals surface area contributed by atoms with Gasteiger partial charge in [-0.15, -0.1) is 0 Å². The van der Waals surface area contributed by atoms with Gasteiger partial charge in [-0.3, -0.25) is 0 Å². The third kappa shape index (κ3) is 2.68. The molecule has 0 amide bonds. The van der Waals surface area contributed by atoms with Crippen LogP contribution in [-0.2, 0) is 9.84 Å². The Bertz CT molecular complexity index is 547. The average Bonchev–Trinajstić information content (AvgIpc) is 2.32. The van der Waals surface area contributed by atoms with Crippen molar-refractivity contribution in [2.75, 3.05) is 0 Å². The number of benzene rings is 1. The molecule has 0 saturated heterocycles. The molecule has 0 bridgehead atoms. The van der Waals surface area contributed by atoms with Gasteiger partial charge in [0.05, 0.1) is 15.2 Å². The predicted octanol–water partition coefficient (Wildman–Crippen LogP) is 2.52. The fourth-order valence-corrected chi connectivity index (χ4v) is 4.46. The van der Waals surface area contributed by atoms with Crippen LogP contribution in [0.15, 0.2) is 23.1 Å². The van der Waals surface area contributed by atoms with Crippen LogP contribution < -0.4 is 5.73 Å². The van der Waals surface area contributed by atoms with E-state index in [4.69, 9.17) is 17.3 Å². The van der Waals surface area contributed by atoms with Gasteiger partial charge in [0.25, 0.3) is 0 Å². The molecule has 3 nitrogen and oxygen atoms in total. The largest absolute Gasteiger partial charge is 0.328 e. The lowest BCUT2D eigenvalue weighted by Gasteiger charge is -2.26. The van der Waals surface area contributed by atoms with Gasteiger partial charge in [0.15, 0.2) is 9.84 Å². The lowest BCUT2D eigenvalue weighted by Crippen LogP contribution is -2.35. The SMILES string of the molecule is NC1CCCC(S(=O)(=O)c2ccc(F)c(Cl)c2)C1. The van der Waals surface area contributed by atoms with Crippen LogP contribution in [0.25, 0.3) is 0 Å². The number of nitrogens with two attached hydrogens (primary N) is 1. The van der Waals surface area contributed by atoms with E-state index < -0.39 is 20.9 Å². The fourth-order valence-electron chi connectivity index (χ4n) is 2.31. The molecule has 6 heteroatoms. The summed E-state index contributed by atoms with van der Waals surface area (Å²) in [6, 6.07) is 3.44. The van der Waals surface area contributed by atoms with Crippen molar-refractivity contribution < 1.29 is 12.8 Å². The number of rotatable bonds is 2. The van der Waals surface area contributed by atoms with E-state index in [0.29, 0.717) is 12.8 Å². The van der Waals surface area contributed by atoms with Crippen LogP contribution in [0.2, 0.25) is 5.02 Å². The Morgan fingerprint density at radius 2 is 2.06 bits per heavy atom. The third-order valence-corrected chi connectivity index (χ3v) is 5.83. The van der Waals surface area contributed by atoms with Crippen molar-refractivity contribution in [2.45, 2.75) is 41.9 Å². The third-order valence-electron chi connectivity index (χ3n) is 3.33. The van der Waals surface area contributed by atoms with E-state index in [9.17, 15) is 12.8 Å². The Hall–Kier alpha value is -0.650. The summed E-state index contributed by atoms with van der Waals surface area (Å²) in [5, 5.41) is -0.654. The molecule has 18 heavy (non-hydrogen) atoms. The summed E-state index contributed by atoms with van der Waals surface area (Å²) in [6.07, 6.45) is 2.72. The summed E-state index contributed by atoms with van der Waals surface area (Å²) in [5.74, 6) is -0.615. The van der Waals surface area contributed by atoms with Crippen LogP contribution in [0, 0.1) is 5.82 Å². The van der Waals surface area contributed by atoms with Crippen molar-refractivity contribution in [1.29, 1.82) is 0 Å². The highest BCUT2D eigenvalue weighted by Crippen LogP contribution is 2.29. The molecule has 1 aromatic rings. The molecular formula is C12H15ClFNO2S. The molecule has 0 spiro atoms. The highest BCUT2D eigenvalue weighted by Gasteiger charge is 2.32. The van der Waals surface area contributed by atoms with Crippen molar-refractivity contribution in [1.82, 2.24) is 0 Å². The van der Waals surface area contributed by atoms with Gasteiger partial charge in [-0.2, -0.15) is 0 Å². The molecule has 0 aromatic heterocycles. The maximum absolute atomic E-state index is 13.0. The summed E-state index contributed by atoms with van der Waals surface area (Å²) in [5.41, 5.74) is 5.80. The molecule has 0 aliphatic heterocycles. The quantitative estimate of drug-likeness (QED) is 0.852. The van der Waals surface area contributed by atoms with Crippen LogP contribution in [0.5, 0.6) is 0 Å². The molecule has 0 radical (unpaired) electrons. The average molecular weight is 292 g/mol. The Labute approximate surface area is 111 Å². The number of hydrogen-bond donors (Lipinski definition) is 1. The molecule has 2 rings (SSSR count). The van der Waals surface area contributed by atoms with Crippen LogP contribution in [0.4, 0.5) is 4.39 Å². The van der Waals surface area contributed by atoms with Crippen LogP contribution in [-0.4, -0.2) is 19.7 Å². The summed E-state index contributed by atoms with van der Waals surface area (Å²) in [4.78, 5) is 0.0769. The Morgan fingerprint density at radius 1 is 1.33 bits per heavy atom. The van der Waals surface area contributed by atoms with Gasteiger partial charge in [-0.05, 0) is 37.5 Å². The minimum atomic E-state index is -3.47. The van der Waals surface area contributed by atoms with Gasteiger partial charge in [-0.1, -0.05) is 18.0 Å². The first-order chi connectivity index (χ1) is 8.41. The van der Waals surface area contributed by atoms with Crippen molar-refractivity contribution >= 4 is 21.4 Å². The van der Waals surface area contributed by atoms with E-state index in [2.05, 4.69) is 0 Å². The number of hydrogen-bond acceptors (Lipinski definition) is 3. The van der Waals surface area contributed by atoms with E-state index in [1.807, 2.05) is 0 Å². The van der Waals surface area contributed by atoms with Crippen molar-refractivity contribution in [3.05, 3.63) is 29.0 Å². The molecule has 1 aromatic carbocycles. The zero-order chi connectivity index (χ0) is 13.3. The first-order valence-electron chi connectivity index (χ1n) is 5.86. The van der Waals surface area contributed by atoms with Crippen molar-refractivity contribution in [3.8, 4) is 0 Å². The first-order valence-corrected chi connectivity index (χ1v) is 7.78. The molecule has 2 atom stereocenters. The molecule has 1 fully saturated rings. The smallest absolute Gasteiger partial charge is 0.181 e. The molecule has 2 unspecified atom stereocenters. The summed E-state index contributed by atoms with van der Waals surface area (Å²) in [6.45, 7) is 0. The summed E-state index contributed by atoms with van der Waals surface area (Å²) >= 11 is 5.62. The van der Waals surface area contributed by atoms with Crippen molar-refractivity contribution in [3.63, 3.8) is 0 Å². The zero-order valence-electron chi connectivity index (χ0n) is 9.77. The van der Waals surface area contributed by atoms with E-state index >= 15 is 0 Å². The standard InChI is InChI=1S/C12H15ClFNO2S/c13-11-7-10(4-5-12(11)14)18(16,17)9-3-1-2-8(15)6-9/h4-5,7-9H,1-3,6,15H2. The van der Waals surface area contributed by atoms with Crippen LogP contribution >= 0.6 is 11.6 Å². The maximum Gasteiger partial charge on any atom is 0.181 e. The molecule has 1 saturated carbocycles. The molecule has 2 N–H and O–H groups in total. The fraction of sp³-hybridized carbons (Fsp3) is 0.500. The first kappa shape index (κ1) is 13.8. The second-order valence-corrected chi connectivity index (χ2v) is 7.30. The lowest BCUT2D eigenvalue weighted by atomic mass is 9.96. The topological polar surface area (TPSA) is 60.2 Å². The molecule has 100 valence electrons. The van der Waals surface area contributed by atoms with Gasteiger partial charge >= 0.3 is 0 Å². The zero-order valence-corrected chi connectivity index (χ0v) is 11.3. The van der Waals surface area contributed by atoms with Gasteiger partial charge in [0, 0.05) is 6.04 Å². The van der Waals surface area contributed by atoms with E-state index in [-0.39, 0.29) is 16.0 Å². The normalized spacial score (nSPS) is 25.1. The number of halogens is 2. The maximum atomic E-state index is 13.0. The molecule has 0 heterocycles.